The molecule has 3 atom stereocenters. The van der Waals surface area contributed by atoms with Crippen LogP contribution in [0.4, 0.5) is 0 Å². The molecule has 3 unspecified atom stereocenters. The first-order chi connectivity index (χ1) is 8.77. The summed E-state index contributed by atoms with van der Waals surface area (Å²) < 4.78 is 11.5. The van der Waals surface area contributed by atoms with Gasteiger partial charge in [-0.15, -0.1) is 0 Å². The van der Waals surface area contributed by atoms with Crippen molar-refractivity contribution in [2.75, 3.05) is 40.0 Å². The molecule has 3 saturated heterocycles. The molecule has 4 nitrogen and oxygen atoms in total. The van der Waals surface area contributed by atoms with Gasteiger partial charge in [-0.05, 0) is 39.3 Å². The van der Waals surface area contributed by atoms with Crippen molar-refractivity contribution >= 4 is 0 Å². The maximum absolute atomic E-state index is 5.97. The van der Waals surface area contributed by atoms with Crippen molar-refractivity contribution in [3.63, 3.8) is 0 Å². The number of nitrogens with zero attached hydrogens (tertiary/aromatic N) is 1. The molecular weight excluding hydrogens is 228 g/mol. The smallest absolute Gasteiger partial charge is 0.0951 e. The van der Waals surface area contributed by atoms with Crippen LogP contribution >= 0.6 is 0 Å². The summed E-state index contributed by atoms with van der Waals surface area (Å²) >= 11 is 0. The van der Waals surface area contributed by atoms with Gasteiger partial charge in [0.05, 0.1) is 12.2 Å². The van der Waals surface area contributed by atoms with Crippen molar-refractivity contribution in [3.05, 3.63) is 0 Å². The highest BCUT2D eigenvalue weighted by atomic mass is 16.6. The van der Waals surface area contributed by atoms with Gasteiger partial charge < -0.3 is 19.7 Å². The molecule has 3 fully saturated rings. The second-order valence-corrected chi connectivity index (χ2v) is 6.21. The molecule has 0 aromatic rings. The second-order valence-electron chi connectivity index (χ2n) is 6.21. The zero-order valence-electron chi connectivity index (χ0n) is 11.5. The van der Waals surface area contributed by atoms with Crippen LogP contribution in [-0.2, 0) is 9.47 Å². The summed E-state index contributed by atoms with van der Waals surface area (Å²) in [5, 5.41) is 3.77. The normalized spacial score (nSPS) is 41.8. The number of likely N-dealkylation sites (tertiary alicyclic amines) is 1. The quantitative estimate of drug-likeness (QED) is 0.815. The summed E-state index contributed by atoms with van der Waals surface area (Å²) in [6, 6.07) is 1.36. The molecule has 3 aliphatic rings. The van der Waals surface area contributed by atoms with E-state index in [1.807, 2.05) is 0 Å². The summed E-state index contributed by atoms with van der Waals surface area (Å²) in [6.45, 7) is 4.96. The minimum atomic E-state index is 0.0392. The first-order valence-corrected chi connectivity index (χ1v) is 7.43. The lowest BCUT2D eigenvalue weighted by atomic mass is 9.89. The summed E-state index contributed by atoms with van der Waals surface area (Å²) in [5.74, 6) is 0. The van der Waals surface area contributed by atoms with Crippen LogP contribution in [0.15, 0.2) is 0 Å². The topological polar surface area (TPSA) is 33.7 Å². The van der Waals surface area contributed by atoms with Gasteiger partial charge in [0.1, 0.15) is 0 Å². The van der Waals surface area contributed by atoms with Crippen LogP contribution in [-0.4, -0.2) is 62.5 Å². The van der Waals surface area contributed by atoms with E-state index in [-0.39, 0.29) is 5.60 Å². The number of nitrogens with one attached hydrogen (secondary N) is 1. The van der Waals surface area contributed by atoms with Crippen molar-refractivity contribution in [3.8, 4) is 0 Å². The number of hydrogen-bond donors (Lipinski definition) is 1. The van der Waals surface area contributed by atoms with Crippen molar-refractivity contribution in [1.29, 1.82) is 0 Å². The highest BCUT2D eigenvalue weighted by Crippen LogP contribution is 2.32. The van der Waals surface area contributed by atoms with Crippen LogP contribution in [0.2, 0.25) is 0 Å². The fourth-order valence-corrected chi connectivity index (χ4v) is 3.61. The molecule has 3 heterocycles. The van der Waals surface area contributed by atoms with Gasteiger partial charge in [0.15, 0.2) is 0 Å². The fraction of sp³-hybridized carbons (Fsp3) is 1.00. The first kappa shape index (κ1) is 12.9. The predicted octanol–water partition coefficient (Wildman–Crippen LogP) is 1.01. The molecule has 1 N–H and O–H groups in total. The Hall–Kier alpha value is -0.160. The van der Waals surface area contributed by atoms with Gasteiger partial charge in [0.25, 0.3) is 0 Å². The molecule has 4 heteroatoms. The molecule has 0 saturated carbocycles. The zero-order chi connectivity index (χ0) is 12.4. The van der Waals surface area contributed by atoms with Crippen molar-refractivity contribution in [2.24, 2.45) is 0 Å². The Balaban J connectivity index is 1.47. The molecule has 3 aliphatic heterocycles. The van der Waals surface area contributed by atoms with E-state index in [4.69, 9.17) is 9.47 Å². The summed E-state index contributed by atoms with van der Waals surface area (Å²) in [7, 11) is 2.25. The summed E-state index contributed by atoms with van der Waals surface area (Å²) in [6.07, 6.45) is 6.06. The third kappa shape index (κ3) is 2.72. The van der Waals surface area contributed by atoms with Gasteiger partial charge in [-0.2, -0.15) is 0 Å². The number of ether oxygens (including phenoxy) is 2. The highest BCUT2D eigenvalue weighted by molar-refractivity contribution is 4.93. The van der Waals surface area contributed by atoms with Gasteiger partial charge in [-0.25, -0.2) is 0 Å². The molecule has 0 aliphatic carbocycles. The predicted molar refractivity (Wildman–Crippen MR) is 70.8 cm³/mol. The van der Waals surface area contributed by atoms with Crippen LogP contribution in [0.5, 0.6) is 0 Å². The van der Waals surface area contributed by atoms with Crippen LogP contribution in [0, 0.1) is 0 Å². The number of likely N-dealkylation sites (N-methyl/N-ethyl adjacent to an activating group) is 1. The molecule has 3 rings (SSSR count). The van der Waals surface area contributed by atoms with E-state index in [1.165, 1.54) is 19.4 Å². The Morgan fingerprint density at radius 3 is 3.00 bits per heavy atom. The third-order valence-electron chi connectivity index (χ3n) is 4.87. The molecule has 18 heavy (non-hydrogen) atoms. The van der Waals surface area contributed by atoms with Crippen molar-refractivity contribution < 1.29 is 9.47 Å². The van der Waals surface area contributed by atoms with Gasteiger partial charge in [0.2, 0.25) is 0 Å². The molecular formula is C14H26N2O2. The fourth-order valence-electron chi connectivity index (χ4n) is 3.61. The lowest BCUT2D eigenvalue weighted by Gasteiger charge is -2.38. The van der Waals surface area contributed by atoms with E-state index in [9.17, 15) is 0 Å². The SMILES string of the molecule is CN1CCCC1CNC1CCOC2(CCOC2)C1. The Labute approximate surface area is 110 Å². The van der Waals surface area contributed by atoms with Gasteiger partial charge in [-0.1, -0.05) is 0 Å². The van der Waals surface area contributed by atoms with Gasteiger partial charge in [-0.3, -0.25) is 0 Å². The van der Waals surface area contributed by atoms with E-state index >= 15 is 0 Å². The van der Waals surface area contributed by atoms with Gasteiger partial charge in [0, 0.05) is 38.3 Å². The summed E-state index contributed by atoms with van der Waals surface area (Å²) in [5.41, 5.74) is 0.0392. The second kappa shape index (κ2) is 5.45. The first-order valence-electron chi connectivity index (χ1n) is 7.43. The molecule has 0 radical (unpaired) electrons. The number of hydrogen-bond acceptors (Lipinski definition) is 4. The minimum Gasteiger partial charge on any atom is -0.378 e. The number of rotatable bonds is 3. The van der Waals surface area contributed by atoms with Crippen molar-refractivity contribution in [1.82, 2.24) is 10.2 Å². The van der Waals surface area contributed by atoms with E-state index in [0.717, 1.165) is 51.7 Å². The zero-order valence-corrected chi connectivity index (χ0v) is 11.5. The Bertz CT molecular complexity index is 279. The Morgan fingerprint density at radius 2 is 2.28 bits per heavy atom. The van der Waals surface area contributed by atoms with Crippen LogP contribution in [0.3, 0.4) is 0 Å². The van der Waals surface area contributed by atoms with E-state index in [1.54, 1.807) is 0 Å². The molecule has 104 valence electrons. The average Bonchev–Trinajstić information content (AvgIpc) is 2.97. The van der Waals surface area contributed by atoms with E-state index in [2.05, 4.69) is 17.3 Å². The molecule has 0 aromatic heterocycles. The van der Waals surface area contributed by atoms with Crippen LogP contribution in [0.1, 0.15) is 32.1 Å². The lowest BCUT2D eigenvalue weighted by Crippen LogP contribution is -2.49. The molecule has 0 aromatic carbocycles. The monoisotopic (exact) mass is 254 g/mol. The Morgan fingerprint density at radius 1 is 1.33 bits per heavy atom. The Kier molecular flexibility index (Phi) is 3.89. The maximum atomic E-state index is 5.97. The van der Waals surface area contributed by atoms with E-state index < -0.39 is 0 Å². The highest BCUT2D eigenvalue weighted by Gasteiger charge is 2.41. The standard InChI is InChI=1S/C14H26N2O2/c1-16-6-2-3-13(16)10-15-12-4-7-18-14(9-12)5-8-17-11-14/h12-13,15H,2-11H2,1H3. The van der Waals surface area contributed by atoms with E-state index in [0.29, 0.717) is 6.04 Å². The van der Waals surface area contributed by atoms with Crippen LogP contribution in [0.25, 0.3) is 0 Å². The largest absolute Gasteiger partial charge is 0.378 e. The average molecular weight is 254 g/mol. The molecule has 1 spiro atoms. The van der Waals surface area contributed by atoms with Crippen molar-refractivity contribution in [2.45, 2.75) is 49.8 Å². The maximum Gasteiger partial charge on any atom is 0.0951 e. The summed E-state index contributed by atoms with van der Waals surface area (Å²) in [4.78, 5) is 2.49. The molecule has 0 amide bonds. The van der Waals surface area contributed by atoms with Crippen LogP contribution < -0.4 is 5.32 Å². The minimum absolute atomic E-state index is 0.0392. The molecule has 0 bridgehead atoms. The lowest BCUT2D eigenvalue weighted by molar-refractivity contribution is -0.0895. The third-order valence-corrected chi connectivity index (χ3v) is 4.87. The van der Waals surface area contributed by atoms with Gasteiger partial charge >= 0.3 is 0 Å².